The van der Waals surface area contributed by atoms with E-state index in [1.165, 1.54) is 6.42 Å². The molecule has 0 aliphatic heterocycles. The van der Waals surface area contributed by atoms with Crippen molar-refractivity contribution in [3.05, 3.63) is 66.0 Å². The van der Waals surface area contributed by atoms with E-state index >= 15 is 0 Å². The van der Waals surface area contributed by atoms with Crippen molar-refractivity contribution in [2.75, 3.05) is 0 Å². The molecule has 142 valence electrons. The van der Waals surface area contributed by atoms with Gasteiger partial charge in [-0.15, -0.1) is 0 Å². The Bertz CT molecular complexity index is 746. The van der Waals surface area contributed by atoms with Gasteiger partial charge in [-0.2, -0.15) is 0 Å². The second-order valence-electron chi connectivity index (χ2n) is 6.91. The zero-order chi connectivity index (χ0) is 19.1. The molecular formula is C21H25N3O3. The van der Waals surface area contributed by atoms with Gasteiger partial charge in [0, 0.05) is 25.0 Å². The van der Waals surface area contributed by atoms with E-state index in [4.69, 9.17) is 0 Å². The van der Waals surface area contributed by atoms with Crippen LogP contribution in [0.3, 0.4) is 0 Å². The lowest BCUT2D eigenvalue weighted by Gasteiger charge is -2.35. The number of nitrogens with zero attached hydrogens (tertiary/aromatic N) is 2. The molecule has 1 atom stereocenters. The zero-order valence-corrected chi connectivity index (χ0v) is 15.3. The molecule has 6 heteroatoms. The topological polar surface area (TPSA) is 82.5 Å². The van der Waals surface area contributed by atoms with Crippen LogP contribution in [0.1, 0.15) is 49.3 Å². The number of carbonyl (C=O) groups is 2. The van der Waals surface area contributed by atoms with Crippen LogP contribution in [-0.2, 0) is 11.3 Å². The van der Waals surface area contributed by atoms with Crippen LogP contribution in [0.2, 0.25) is 0 Å². The number of aromatic nitrogens is 1. The minimum Gasteiger partial charge on any atom is -0.479 e. The van der Waals surface area contributed by atoms with E-state index in [1.807, 2.05) is 18.2 Å². The Morgan fingerprint density at radius 2 is 1.74 bits per heavy atom. The van der Waals surface area contributed by atoms with Gasteiger partial charge < -0.3 is 15.3 Å². The van der Waals surface area contributed by atoms with Gasteiger partial charge in [-0.3, -0.25) is 4.98 Å². The van der Waals surface area contributed by atoms with Gasteiger partial charge in [0.15, 0.2) is 6.04 Å². The maximum Gasteiger partial charge on any atom is 0.330 e. The number of hydrogen-bond acceptors (Lipinski definition) is 3. The molecule has 0 radical (unpaired) electrons. The van der Waals surface area contributed by atoms with Crippen molar-refractivity contribution in [3.8, 4) is 0 Å². The average Bonchev–Trinajstić information content (AvgIpc) is 2.72. The SMILES string of the molecule is O=C(O)[C@@H](NC(=O)N(Cc1ccncc1)C1CCCCC1)c1ccccc1. The van der Waals surface area contributed by atoms with E-state index in [-0.39, 0.29) is 12.1 Å². The summed E-state index contributed by atoms with van der Waals surface area (Å²) in [5.74, 6) is -1.07. The van der Waals surface area contributed by atoms with E-state index in [0.717, 1.165) is 31.2 Å². The second-order valence-corrected chi connectivity index (χ2v) is 6.91. The molecule has 1 fully saturated rings. The molecule has 0 unspecified atom stereocenters. The maximum absolute atomic E-state index is 13.1. The summed E-state index contributed by atoms with van der Waals surface area (Å²) < 4.78 is 0. The summed E-state index contributed by atoms with van der Waals surface area (Å²) in [6.07, 6.45) is 8.66. The summed E-state index contributed by atoms with van der Waals surface area (Å²) in [5, 5.41) is 12.3. The van der Waals surface area contributed by atoms with E-state index in [2.05, 4.69) is 10.3 Å². The summed E-state index contributed by atoms with van der Waals surface area (Å²) in [5.41, 5.74) is 1.54. The van der Waals surface area contributed by atoms with Gasteiger partial charge in [-0.05, 0) is 36.1 Å². The fraction of sp³-hybridized carbons (Fsp3) is 0.381. The molecule has 1 aliphatic rings. The summed E-state index contributed by atoms with van der Waals surface area (Å²) in [4.78, 5) is 30.6. The first-order valence-electron chi connectivity index (χ1n) is 9.39. The van der Waals surface area contributed by atoms with Crippen LogP contribution in [0.15, 0.2) is 54.9 Å². The molecule has 6 nitrogen and oxygen atoms in total. The Hall–Kier alpha value is -2.89. The van der Waals surface area contributed by atoms with Crippen LogP contribution < -0.4 is 5.32 Å². The lowest BCUT2D eigenvalue weighted by atomic mass is 9.94. The van der Waals surface area contributed by atoms with Gasteiger partial charge in [0.05, 0.1) is 0 Å². The summed E-state index contributed by atoms with van der Waals surface area (Å²) in [6.45, 7) is 0.445. The van der Waals surface area contributed by atoms with Gasteiger partial charge in [0.25, 0.3) is 0 Å². The summed E-state index contributed by atoms with van der Waals surface area (Å²) in [6, 6.07) is 11.3. The minimum atomic E-state index is -1.07. The van der Waals surface area contributed by atoms with E-state index in [1.54, 1.807) is 41.6 Å². The summed E-state index contributed by atoms with van der Waals surface area (Å²) >= 11 is 0. The fourth-order valence-corrected chi connectivity index (χ4v) is 3.58. The zero-order valence-electron chi connectivity index (χ0n) is 15.3. The predicted molar refractivity (Wildman–Crippen MR) is 102 cm³/mol. The van der Waals surface area contributed by atoms with Crippen molar-refractivity contribution in [2.24, 2.45) is 0 Å². The van der Waals surface area contributed by atoms with Gasteiger partial charge in [-0.1, -0.05) is 49.6 Å². The molecule has 1 heterocycles. The minimum absolute atomic E-state index is 0.122. The van der Waals surface area contributed by atoms with Crippen LogP contribution in [0, 0.1) is 0 Å². The molecule has 2 amide bonds. The first kappa shape index (κ1) is 18.9. The Morgan fingerprint density at radius 1 is 1.07 bits per heavy atom. The van der Waals surface area contributed by atoms with Crippen molar-refractivity contribution >= 4 is 12.0 Å². The second kappa shape index (κ2) is 9.16. The molecule has 1 saturated carbocycles. The van der Waals surface area contributed by atoms with Crippen LogP contribution in [0.4, 0.5) is 4.79 Å². The fourth-order valence-electron chi connectivity index (χ4n) is 3.58. The monoisotopic (exact) mass is 367 g/mol. The number of benzene rings is 1. The molecular weight excluding hydrogens is 342 g/mol. The van der Waals surface area contributed by atoms with Crippen LogP contribution in [0.25, 0.3) is 0 Å². The third-order valence-electron chi connectivity index (χ3n) is 5.03. The Morgan fingerprint density at radius 3 is 2.37 bits per heavy atom. The molecule has 1 aliphatic carbocycles. The number of pyridine rings is 1. The van der Waals surface area contributed by atoms with Crippen LogP contribution >= 0.6 is 0 Å². The highest BCUT2D eigenvalue weighted by molar-refractivity contribution is 5.83. The smallest absolute Gasteiger partial charge is 0.330 e. The van der Waals surface area contributed by atoms with Gasteiger partial charge in [0.1, 0.15) is 0 Å². The number of rotatable bonds is 6. The van der Waals surface area contributed by atoms with Gasteiger partial charge >= 0.3 is 12.0 Å². The Kier molecular flexibility index (Phi) is 6.41. The Labute approximate surface area is 159 Å². The van der Waals surface area contributed by atoms with Crippen molar-refractivity contribution in [1.29, 1.82) is 0 Å². The molecule has 1 aromatic heterocycles. The number of carboxylic acid groups (broad SMARTS) is 1. The lowest BCUT2D eigenvalue weighted by molar-refractivity contribution is -0.139. The number of carboxylic acids is 1. The van der Waals surface area contributed by atoms with Crippen molar-refractivity contribution < 1.29 is 14.7 Å². The van der Waals surface area contributed by atoms with E-state index < -0.39 is 12.0 Å². The molecule has 0 bridgehead atoms. The largest absolute Gasteiger partial charge is 0.479 e. The maximum atomic E-state index is 13.1. The molecule has 27 heavy (non-hydrogen) atoms. The molecule has 1 aromatic carbocycles. The average molecular weight is 367 g/mol. The number of amides is 2. The molecule has 0 saturated heterocycles. The number of nitrogens with one attached hydrogen (secondary N) is 1. The molecule has 2 aromatic rings. The molecule has 0 spiro atoms. The van der Waals surface area contributed by atoms with Crippen molar-refractivity contribution in [2.45, 2.75) is 50.7 Å². The van der Waals surface area contributed by atoms with Gasteiger partial charge in [-0.25, -0.2) is 9.59 Å². The number of urea groups is 1. The van der Waals surface area contributed by atoms with Crippen molar-refractivity contribution in [1.82, 2.24) is 15.2 Å². The van der Waals surface area contributed by atoms with Crippen molar-refractivity contribution in [3.63, 3.8) is 0 Å². The number of hydrogen-bond donors (Lipinski definition) is 2. The lowest BCUT2D eigenvalue weighted by Crippen LogP contribution is -2.48. The predicted octanol–water partition coefficient (Wildman–Crippen LogP) is 3.75. The first-order valence-corrected chi connectivity index (χ1v) is 9.39. The normalized spacial score (nSPS) is 15.7. The highest BCUT2D eigenvalue weighted by Gasteiger charge is 2.29. The van der Waals surface area contributed by atoms with Crippen LogP contribution in [0.5, 0.6) is 0 Å². The molecule has 3 rings (SSSR count). The van der Waals surface area contributed by atoms with Gasteiger partial charge in [0.2, 0.25) is 0 Å². The third kappa shape index (κ3) is 5.06. The van der Waals surface area contributed by atoms with Crippen LogP contribution in [-0.4, -0.2) is 33.0 Å². The third-order valence-corrected chi connectivity index (χ3v) is 5.03. The molecule has 2 N–H and O–H groups in total. The highest BCUT2D eigenvalue weighted by Crippen LogP contribution is 2.25. The quantitative estimate of drug-likeness (QED) is 0.814. The highest BCUT2D eigenvalue weighted by atomic mass is 16.4. The number of aliphatic carboxylic acids is 1. The standard InChI is InChI=1S/C21H25N3O3/c25-20(26)19(17-7-3-1-4-8-17)23-21(27)24(18-9-5-2-6-10-18)15-16-11-13-22-14-12-16/h1,3-4,7-8,11-14,18-19H,2,5-6,9-10,15H2,(H,23,27)(H,25,26)/t19-/m0/s1. The Balaban J connectivity index is 1.79. The van der Waals surface area contributed by atoms with E-state index in [0.29, 0.717) is 12.1 Å². The summed E-state index contributed by atoms with van der Waals surface area (Å²) in [7, 11) is 0. The first-order chi connectivity index (χ1) is 13.1. The number of carbonyl (C=O) groups excluding carboxylic acids is 1. The van der Waals surface area contributed by atoms with E-state index in [9.17, 15) is 14.7 Å².